The van der Waals surface area contributed by atoms with Crippen molar-refractivity contribution in [1.82, 2.24) is 10.2 Å². The number of piperazine rings is 1. The Morgan fingerprint density at radius 2 is 2.07 bits per heavy atom. The first kappa shape index (κ1) is 21.1. The van der Waals surface area contributed by atoms with Crippen molar-refractivity contribution >= 4 is 11.3 Å². The van der Waals surface area contributed by atoms with E-state index < -0.39 is 0 Å². The summed E-state index contributed by atoms with van der Waals surface area (Å²) in [7, 11) is 0. The minimum Gasteiger partial charge on any atom is -0.372 e. The van der Waals surface area contributed by atoms with Crippen LogP contribution in [0.5, 0.6) is 0 Å². The lowest BCUT2D eigenvalue weighted by atomic mass is 9.92. The van der Waals surface area contributed by atoms with E-state index in [2.05, 4.69) is 36.0 Å². The largest absolute Gasteiger partial charge is 0.372 e. The molecule has 0 aromatic heterocycles. The highest BCUT2D eigenvalue weighted by Crippen LogP contribution is 2.30. The molecule has 1 N–H and O–H groups in total. The molecule has 1 heterocycles. The summed E-state index contributed by atoms with van der Waals surface area (Å²) in [6.45, 7) is 13.2. The van der Waals surface area contributed by atoms with E-state index in [1.54, 1.807) is 6.07 Å². The van der Waals surface area contributed by atoms with Gasteiger partial charge >= 0.3 is 0 Å². The third-order valence-electron chi connectivity index (χ3n) is 4.90. The van der Waals surface area contributed by atoms with Gasteiger partial charge in [-0.25, -0.2) is 4.39 Å². The van der Waals surface area contributed by atoms with Crippen molar-refractivity contribution < 1.29 is 4.39 Å². The van der Waals surface area contributed by atoms with E-state index >= 15 is 0 Å². The second kappa shape index (κ2) is 10.2. The van der Waals surface area contributed by atoms with Crippen LogP contribution in [0.4, 0.5) is 4.39 Å². The van der Waals surface area contributed by atoms with Crippen LogP contribution in [-0.2, 0) is 0 Å². The van der Waals surface area contributed by atoms with Crippen molar-refractivity contribution in [1.29, 1.82) is 0 Å². The van der Waals surface area contributed by atoms with Crippen LogP contribution in [-0.4, -0.2) is 36.3 Å². The molecular weight excluding hydrogens is 337 g/mol. The van der Waals surface area contributed by atoms with Gasteiger partial charge < -0.3 is 10.2 Å². The van der Waals surface area contributed by atoms with Crippen molar-refractivity contribution in [3.05, 3.63) is 65.3 Å². The molecule has 1 aromatic carbocycles. The Labute approximate surface area is 163 Å². The quantitative estimate of drug-likeness (QED) is 0.552. The lowest BCUT2D eigenvalue weighted by molar-refractivity contribution is 0.256. The molecule has 146 valence electrons. The molecule has 3 nitrogen and oxygen atoms in total. The standard InChI is InChI=1S/C23H32FN3/c1-6-8-13-26-18(4)23(19(5)27-15-14-25-17(3)16-27)20(7-2)21-11-9-10-12-22(21)24/h7-13,17,25H,6,14-16H2,1-5H3/b13-8+,20-7-,23-19-,26-18+. The zero-order chi connectivity index (χ0) is 19.8. The van der Waals surface area contributed by atoms with E-state index in [1.165, 1.54) is 6.07 Å². The number of rotatable bonds is 6. The fraction of sp³-hybridized carbons (Fsp3) is 0.435. The summed E-state index contributed by atoms with van der Waals surface area (Å²) in [4.78, 5) is 7.02. The SMILES string of the molecule is C\C=C(C(/C(C)=N/C=C/CC)=C(/C)N1CCNC(C)C1)\c1ccccc1F. The second-order valence-corrected chi connectivity index (χ2v) is 6.95. The Hall–Kier alpha value is -2.20. The molecule has 27 heavy (non-hydrogen) atoms. The van der Waals surface area contributed by atoms with Crippen molar-refractivity contribution in [2.45, 2.75) is 47.1 Å². The molecule has 1 aliphatic rings. The van der Waals surface area contributed by atoms with Gasteiger partial charge in [0.25, 0.3) is 0 Å². The molecule has 2 rings (SSSR count). The first-order chi connectivity index (χ1) is 13.0. The van der Waals surface area contributed by atoms with Gasteiger partial charge in [-0.05, 0) is 45.8 Å². The van der Waals surface area contributed by atoms with Crippen LogP contribution < -0.4 is 5.32 Å². The van der Waals surface area contributed by atoms with E-state index in [-0.39, 0.29) is 5.82 Å². The monoisotopic (exact) mass is 369 g/mol. The van der Waals surface area contributed by atoms with Crippen LogP contribution in [0.15, 0.2) is 58.9 Å². The molecule has 0 aliphatic carbocycles. The summed E-state index contributed by atoms with van der Waals surface area (Å²) < 4.78 is 14.6. The summed E-state index contributed by atoms with van der Waals surface area (Å²) in [6.07, 6.45) is 6.80. The van der Waals surface area contributed by atoms with Crippen LogP contribution in [0.25, 0.3) is 5.57 Å². The number of halogens is 1. The predicted octanol–water partition coefficient (Wildman–Crippen LogP) is 5.18. The third-order valence-corrected chi connectivity index (χ3v) is 4.90. The maximum atomic E-state index is 14.6. The first-order valence-corrected chi connectivity index (χ1v) is 9.80. The number of hydrogen-bond donors (Lipinski definition) is 1. The fourth-order valence-electron chi connectivity index (χ4n) is 3.50. The van der Waals surface area contributed by atoms with Crippen molar-refractivity contribution in [3.63, 3.8) is 0 Å². The van der Waals surface area contributed by atoms with Gasteiger partial charge in [0, 0.05) is 54.4 Å². The molecule has 0 saturated carbocycles. The highest BCUT2D eigenvalue weighted by atomic mass is 19.1. The van der Waals surface area contributed by atoms with Gasteiger partial charge in [-0.1, -0.05) is 37.3 Å². The molecule has 0 spiro atoms. The number of aliphatic imine (C=N–C) groups is 1. The van der Waals surface area contributed by atoms with Gasteiger partial charge in [-0.3, -0.25) is 4.99 Å². The maximum Gasteiger partial charge on any atom is 0.131 e. The zero-order valence-electron chi connectivity index (χ0n) is 17.2. The second-order valence-electron chi connectivity index (χ2n) is 6.95. The molecule has 0 amide bonds. The molecule has 1 unspecified atom stereocenters. The lowest BCUT2D eigenvalue weighted by Crippen LogP contribution is -2.48. The molecule has 1 aromatic rings. The van der Waals surface area contributed by atoms with Crippen LogP contribution in [0, 0.1) is 5.82 Å². The van der Waals surface area contributed by atoms with Gasteiger partial charge in [0.15, 0.2) is 0 Å². The minimum atomic E-state index is -0.207. The van der Waals surface area contributed by atoms with Gasteiger partial charge in [0.1, 0.15) is 5.82 Å². The van der Waals surface area contributed by atoms with Crippen LogP contribution in [0.3, 0.4) is 0 Å². The summed E-state index contributed by atoms with van der Waals surface area (Å²) in [5, 5.41) is 3.48. The minimum absolute atomic E-state index is 0.207. The van der Waals surface area contributed by atoms with Crippen LogP contribution in [0.2, 0.25) is 0 Å². The normalized spacial score (nSPS) is 20.2. The van der Waals surface area contributed by atoms with Crippen molar-refractivity contribution in [2.24, 2.45) is 4.99 Å². The number of allylic oxidation sites excluding steroid dienone is 5. The Kier molecular flexibility index (Phi) is 7.99. The maximum absolute atomic E-state index is 14.6. The van der Waals surface area contributed by atoms with Gasteiger partial charge in [0.2, 0.25) is 0 Å². The number of hydrogen-bond acceptors (Lipinski definition) is 3. The smallest absolute Gasteiger partial charge is 0.131 e. The third kappa shape index (κ3) is 5.39. The average Bonchev–Trinajstić information content (AvgIpc) is 2.66. The summed E-state index contributed by atoms with van der Waals surface area (Å²) in [5.41, 5.74) is 4.57. The van der Waals surface area contributed by atoms with E-state index in [4.69, 9.17) is 0 Å². The first-order valence-electron chi connectivity index (χ1n) is 9.80. The highest BCUT2D eigenvalue weighted by Gasteiger charge is 2.22. The van der Waals surface area contributed by atoms with Gasteiger partial charge in [0.05, 0.1) is 0 Å². The van der Waals surface area contributed by atoms with E-state index in [9.17, 15) is 4.39 Å². The number of nitrogens with one attached hydrogen (secondary N) is 1. The molecule has 4 heteroatoms. The van der Waals surface area contributed by atoms with E-state index in [0.29, 0.717) is 11.6 Å². The molecule has 1 saturated heterocycles. The topological polar surface area (TPSA) is 27.6 Å². The zero-order valence-corrected chi connectivity index (χ0v) is 17.2. The summed E-state index contributed by atoms with van der Waals surface area (Å²) in [6, 6.07) is 7.39. The summed E-state index contributed by atoms with van der Waals surface area (Å²) in [5.74, 6) is -0.207. The molecule has 1 aliphatic heterocycles. The van der Waals surface area contributed by atoms with Crippen LogP contribution >= 0.6 is 0 Å². The fourth-order valence-corrected chi connectivity index (χ4v) is 3.50. The number of benzene rings is 1. The Bertz CT molecular complexity index is 759. The predicted molar refractivity (Wildman–Crippen MR) is 114 cm³/mol. The van der Waals surface area contributed by atoms with Gasteiger partial charge in [-0.2, -0.15) is 0 Å². The Morgan fingerprint density at radius 3 is 2.70 bits per heavy atom. The van der Waals surface area contributed by atoms with Crippen molar-refractivity contribution in [3.8, 4) is 0 Å². The van der Waals surface area contributed by atoms with E-state index in [0.717, 1.165) is 48.6 Å². The Balaban J connectivity index is 2.58. The highest BCUT2D eigenvalue weighted by molar-refractivity contribution is 6.12. The molecule has 0 radical (unpaired) electrons. The molecule has 1 atom stereocenters. The Morgan fingerprint density at radius 1 is 1.33 bits per heavy atom. The average molecular weight is 370 g/mol. The lowest BCUT2D eigenvalue weighted by Gasteiger charge is -2.36. The van der Waals surface area contributed by atoms with Gasteiger partial charge in [-0.15, -0.1) is 0 Å². The van der Waals surface area contributed by atoms with Crippen molar-refractivity contribution in [2.75, 3.05) is 19.6 Å². The number of nitrogens with zero attached hydrogens (tertiary/aromatic N) is 2. The molecule has 0 bridgehead atoms. The molecule has 1 fully saturated rings. The molecular formula is C23H32FN3. The summed E-state index contributed by atoms with van der Waals surface area (Å²) >= 11 is 0. The van der Waals surface area contributed by atoms with E-state index in [1.807, 2.05) is 44.3 Å². The van der Waals surface area contributed by atoms with Crippen LogP contribution in [0.1, 0.15) is 46.6 Å².